The van der Waals surface area contributed by atoms with Gasteiger partial charge in [0, 0.05) is 5.56 Å². The summed E-state index contributed by atoms with van der Waals surface area (Å²) in [5.41, 5.74) is 4.10. The predicted molar refractivity (Wildman–Crippen MR) is 119 cm³/mol. The van der Waals surface area contributed by atoms with Crippen molar-refractivity contribution in [2.24, 2.45) is 5.10 Å². The van der Waals surface area contributed by atoms with E-state index in [4.69, 9.17) is 27.9 Å². The average molecular weight is 442 g/mol. The molecule has 0 radical (unpaired) electrons. The molecule has 0 fully saturated rings. The summed E-state index contributed by atoms with van der Waals surface area (Å²) in [6.07, 6.45) is 1.46. The number of rotatable bonds is 7. The lowest BCUT2D eigenvalue weighted by Gasteiger charge is -2.10. The van der Waals surface area contributed by atoms with Crippen LogP contribution in [0.1, 0.15) is 15.9 Å². The minimum absolute atomic E-state index is 0.231. The number of carbonyl (C=O) groups is 2. The number of ether oxygens (including phenoxy) is 1. The van der Waals surface area contributed by atoms with Gasteiger partial charge in [-0.2, -0.15) is 5.10 Å². The number of anilines is 1. The topological polar surface area (TPSA) is 79.8 Å². The molecule has 3 rings (SSSR count). The summed E-state index contributed by atoms with van der Waals surface area (Å²) in [6.45, 7) is -0.231. The number of carbonyl (C=O) groups excluding carboxylic acids is 2. The number of para-hydroxylation sites is 1. The maximum Gasteiger partial charge on any atom is 0.271 e. The Hall–Kier alpha value is -3.35. The molecule has 3 aromatic rings. The first-order chi connectivity index (χ1) is 14.5. The molecule has 6 nitrogen and oxygen atoms in total. The fourth-order valence-corrected chi connectivity index (χ4v) is 2.85. The summed E-state index contributed by atoms with van der Waals surface area (Å²) in [4.78, 5) is 24.0. The third kappa shape index (κ3) is 6.07. The first-order valence-corrected chi connectivity index (χ1v) is 9.64. The highest BCUT2D eigenvalue weighted by Crippen LogP contribution is 2.25. The van der Waals surface area contributed by atoms with Crippen LogP contribution in [0.3, 0.4) is 0 Å². The van der Waals surface area contributed by atoms with Gasteiger partial charge in [-0.05, 0) is 48.0 Å². The van der Waals surface area contributed by atoms with Crippen LogP contribution in [0.25, 0.3) is 0 Å². The molecular weight excluding hydrogens is 425 g/mol. The molecule has 0 aliphatic rings. The van der Waals surface area contributed by atoms with Gasteiger partial charge in [0.1, 0.15) is 5.75 Å². The van der Waals surface area contributed by atoms with Gasteiger partial charge in [-0.15, -0.1) is 0 Å². The SMILES string of the molecule is O=C(COc1ccc(/C=N/NC(=O)c2ccccc2)cc1Cl)Nc1ccccc1Cl. The van der Waals surface area contributed by atoms with Crippen LogP contribution in [-0.2, 0) is 4.79 Å². The van der Waals surface area contributed by atoms with E-state index in [1.54, 1.807) is 66.7 Å². The van der Waals surface area contributed by atoms with Crippen molar-refractivity contribution in [3.8, 4) is 5.75 Å². The zero-order chi connectivity index (χ0) is 21.3. The van der Waals surface area contributed by atoms with Gasteiger partial charge in [0.15, 0.2) is 6.61 Å². The van der Waals surface area contributed by atoms with E-state index < -0.39 is 0 Å². The summed E-state index contributed by atoms with van der Waals surface area (Å²) in [6, 6.07) is 20.6. The van der Waals surface area contributed by atoms with Crippen LogP contribution in [0.5, 0.6) is 5.75 Å². The number of nitrogens with one attached hydrogen (secondary N) is 2. The van der Waals surface area contributed by atoms with E-state index in [0.29, 0.717) is 32.6 Å². The molecule has 0 saturated carbocycles. The molecule has 3 aromatic carbocycles. The van der Waals surface area contributed by atoms with E-state index in [1.807, 2.05) is 6.07 Å². The van der Waals surface area contributed by atoms with Crippen molar-refractivity contribution in [3.05, 3.63) is 94.0 Å². The van der Waals surface area contributed by atoms with Crippen LogP contribution in [0.15, 0.2) is 77.9 Å². The van der Waals surface area contributed by atoms with Gasteiger partial charge in [0.2, 0.25) is 0 Å². The van der Waals surface area contributed by atoms with Crippen LogP contribution in [0.4, 0.5) is 5.69 Å². The Labute approximate surface area is 183 Å². The smallest absolute Gasteiger partial charge is 0.271 e. The number of nitrogens with zero attached hydrogens (tertiary/aromatic N) is 1. The minimum atomic E-state index is -0.367. The third-order valence-corrected chi connectivity index (χ3v) is 4.50. The molecule has 0 spiro atoms. The van der Waals surface area contributed by atoms with Crippen molar-refractivity contribution in [3.63, 3.8) is 0 Å². The van der Waals surface area contributed by atoms with Crippen molar-refractivity contribution >= 4 is 46.9 Å². The summed E-state index contributed by atoms with van der Waals surface area (Å²) in [7, 11) is 0. The maximum atomic E-state index is 12.0. The van der Waals surface area contributed by atoms with Crippen molar-refractivity contribution in [1.29, 1.82) is 0 Å². The zero-order valence-corrected chi connectivity index (χ0v) is 17.2. The van der Waals surface area contributed by atoms with Gasteiger partial charge < -0.3 is 10.1 Å². The lowest BCUT2D eigenvalue weighted by atomic mass is 10.2. The normalized spacial score (nSPS) is 10.6. The summed E-state index contributed by atoms with van der Waals surface area (Å²) >= 11 is 12.2. The Morgan fingerprint density at radius 1 is 0.933 bits per heavy atom. The second-order valence-corrected chi connectivity index (χ2v) is 6.89. The number of hydrazone groups is 1. The van der Waals surface area contributed by atoms with E-state index in [9.17, 15) is 9.59 Å². The zero-order valence-electron chi connectivity index (χ0n) is 15.6. The van der Waals surface area contributed by atoms with Crippen LogP contribution in [0, 0.1) is 0 Å². The average Bonchev–Trinajstić information content (AvgIpc) is 2.75. The van der Waals surface area contributed by atoms with E-state index in [0.717, 1.165) is 0 Å². The predicted octanol–water partition coefficient (Wildman–Crippen LogP) is 4.77. The van der Waals surface area contributed by atoms with E-state index in [2.05, 4.69) is 15.8 Å². The highest BCUT2D eigenvalue weighted by Gasteiger charge is 2.09. The van der Waals surface area contributed by atoms with Crippen LogP contribution in [0.2, 0.25) is 10.0 Å². The first-order valence-electron chi connectivity index (χ1n) is 8.88. The summed E-state index contributed by atoms with van der Waals surface area (Å²) in [5, 5.41) is 7.32. The molecule has 0 aliphatic carbocycles. The van der Waals surface area contributed by atoms with Crippen LogP contribution < -0.4 is 15.5 Å². The molecule has 0 saturated heterocycles. The van der Waals surface area contributed by atoms with Gasteiger partial charge in [-0.25, -0.2) is 5.43 Å². The van der Waals surface area contributed by atoms with Crippen molar-refractivity contribution in [2.75, 3.05) is 11.9 Å². The molecule has 0 atom stereocenters. The van der Waals surface area contributed by atoms with Crippen molar-refractivity contribution in [1.82, 2.24) is 5.43 Å². The first kappa shape index (κ1) is 21.4. The molecule has 8 heteroatoms. The Kier molecular flexibility index (Phi) is 7.43. The monoisotopic (exact) mass is 441 g/mol. The van der Waals surface area contributed by atoms with Gasteiger partial charge in [-0.3, -0.25) is 9.59 Å². The quantitative estimate of drug-likeness (QED) is 0.409. The molecule has 30 heavy (non-hydrogen) atoms. The second-order valence-electron chi connectivity index (χ2n) is 6.07. The number of halogens is 2. The third-order valence-electron chi connectivity index (χ3n) is 3.88. The Morgan fingerprint density at radius 3 is 2.40 bits per heavy atom. The molecule has 0 heterocycles. The lowest BCUT2D eigenvalue weighted by Crippen LogP contribution is -2.20. The second kappa shape index (κ2) is 10.4. The standard InChI is InChI=1S/C22H17Cl2N3O3/c23-17-8-4-5-9-19(17)26-21(28)14-30-20-11-10-15(12-18(20)24)13-25-27-22(29)16-6-2-1-3-7-16/h1-13H,14H2,(H,26,28)(H,27,29)/b25-13+. The van der Waals surface area contributed by atoms with E-state index in [-0.39, 0.29) is 18.4 Å². The molecule has 2 N–H and O–H groups in total. The Balaban J connectivity index is 1.53. The van der Waals surface area contributed by atoms with Crippen LogP contribution in [-0.4, -0.2) is 24.6 Å². The number of benzene rings is 3. The number of amides is 2. The van der Waals surface area contributed by atoms with E-state index >= 15 is 0 Å². The number of hydrogen-bond donors (Lipinski definition) is 2. The Bertz CT molecular complexity index is 1070. The van der Waals surface area contributed by atoms with E-state index in [1.165, 1.54) is 6.21 Å². The summed E-state index contributed by atoms with van der Waals surface area (Å²) < 4.78 is 5.46. The highest BCUT2D eigenvalue weighted by molar-refractivity contribution is 6.33. The molecule has 0 unspecified atom stereocenters. The largest absolute Gasteiger partial charge is 0.482 e. The Morgan fingerprint density at radius 2 is 1.67 bits per heavy atom. The molecular formula is C22H17Cl2N3O3. The summed E-state index contributed by atoms with van der Waals surface area (Å²) in [5.74, 6) is -0.340. The molecule has 0 aliphatic heterocycles. The molecule has 2 amide bonds. The maximum absolute atomic E-state index is 12.0. The molecule has 152 valence electrons. The highest BCUT2D eigenvalue weighted by atomic mass is 35.5. The van der Waals surface area contributed by atoms with Gasteiger partial charge >= 0.3 is 0 Å². The van der Waals surface area contributed by atoms with Crippen molar-refractivity contribution in [2.45, 2.75) is 0 Å². The van der Waals surface area contributed by atoms with Crippen LogP contribution >= 0.6 is 23.2 Å². The lowest BCUT2D eigenvalue weighted by molar-refractivity contribution is -0.118. The van der Waals surface area contributed by atoms with Gasteiger partial charge in [-0.1, -0.05) is 53.5 Å². The minimum Gasteiger partial charge on any atom is -0.482 e. The fourth-order valence-electron chi connectivity index (χ4n) is 2.43. The molecule has 0 bridgehead atoms. The van der Waals surface area contributed by atoms with Gasteiger partial charge in [0.25, 0.3) is 11.8 Å². The fraction of sp³-hybridized carbons (Fsp3) is 0.0455. The number of hydrogen-bond acceptors (Lipinski definition) is 4. The van der Waals surface area contributed by atoms with Gasteiger partial charge in [0.05, 0.1) is 21.9 Å². The molecule has 0 aromatic heterocycles. The van der Waals surface area contributed by atoms with Crippen molar-refractivity contribution < 1.29 is 14.3 Å².